The Kier molecular flexibility index (Phi) is 9.10. The molecule has 0 saturated heterocycles. The zero-order chi connectivity index (χ0) is 29.5. The maximum Gasteiger partial charge on any atom is 0.340 e. The van der Waals surface area contributed by atoms with Gasteiger partial charge in [0.2, 0.25) is 0 Å². The Labute approximate surface area is 239 Å². The second-order valence-corrected chi connectivity index (χ2v) is 9.54. The van der Waals surface area contributed by atoms with Gasteiger partial charge < -0.3 is 9.47 Å². The predicted molar refractivity (Wildman–Crippen MR) is 153 cm³/mol. The maximum atomic E-state index is 13.3. The quantitative estimate of drug-likeness (QED) is 0.108. The van der Waals surface area contributed by atoms with Crippen molar-refractivity contribution in [2.24, 2.45) is 0 Å². The average molecular weight is 573 g/mol. The lowest BCUT2D eigenvalue weighted by Crippen LogP contribution is -2.12. The van der Waals surface area contributed by atoms with Crippen LogP contribution in [-0.2, 0) is 9.47 Å². The standard InChI is InChI=1S/C30H24N2O8S/c1-3-39-29(33)27-23(17-15-21(31(35)36)25(27)19-11-7-5-8-12-19)41-24-18-16-22(32(37)38)26(20-13-9-6-10-14-20)28(24)30(34)40-4-2/h5-18H,3-4H2,1-2H3. The van der Waals surface area contributed by atoms with Crippen LogP contribution >= 0.6 is 11.8 Å². The molecule has 0 aromatic heterocycles. The lowest BCUT2D eigenvalue weighted by atomic mass is 9.97. The van der Waals surface area contributed by atoms with E-state index < -0.39 is 21.8 Å². The van der Waals surface area contributed by atoms with Gasteiger partial charge in [0.25, 0.3) is 11.4 Å². The van der Waals surface area contributed by atoms with Gasteiger partial charge in [-0.05, 0) is 37.1 Å². The first kappa shape index (κ1) is 29.0. The summed E-state index contributed by atoms with van der Waals surface area (Å²) < 4.78 is 10.6. The number of benzene rings is 4. The Morgan fingerprint density at radius 3 is 1.32 bits per heavy atom. The molecule has 4 rings (SSSR count). The molecule has 10 nitrogen and oxygen atoms in total. The van der Waals surface area contributed by atoms with Gasteiger partial charge in [-0.2, -0.15) is 0 Å². The van der Waals surface area contributed by atoms with Crippen molar-refractivity contribution < 1.29 is 28.9 Å². The number of nitro benzene ring substituents is 2. The van der Waals surface area contributed by atoms with Crippen LogP contribution in [0.2, 0.25) is 0 Å². The second-order valence-electron chi connectivity index (χ2n) is 8.45. The van der Waals surface area contributed by atoms with Crippen LogP contribution in [0.5, 0.6) is 0 Å². The molecule has 208 valence electrons. The second kappa shape index (κ2) is 12.9. The summed E-state index contributed by atoms with van der Waals surface area (Å²) in [6.45, 7) is 3.27. The summed E-state index contributed by atoms with van der Waals surface area (Å²) in [5.74, 6) is -1.58. The normalized spacial score (nSPS) is 10.6. The van der Waals surface area contributed by atoms with E-state index in [0.29, 0.717) is 11.1 Å². The highest BCUT2D eigenvalue weighted by atomic mass is 32.2. The van der Waals surface area contributed by atoms with Crippen LogP contribution in [0.4, 0.5) is 11.4 Å². The van der Waals surface area contributed by atoms with Crippen LogP contribution in [0.3, 0.4) is 0 Å². The number of ether oxygens (including phenoxy) is 2. The average Bonchev–Trinajstić information content (AvgIpc) is 2.97. The predicted octanol–water partition coefficient (Wildman–Crippen LogP) is 7.34. The van der Waals surface area contributed by atoms with E-state index in [0.717, 1.165) is 11.8 Å². The van der Waals surface area contributed by atoms with Crippen molar-refractivity contribution in [1.29, 1.82) is 0 Å². The summed E-state index contributed by atoms with van der Waals surface area (Å²) >= 11 is 0.961. The Hall–Kier alpha value is -5.03. The van der Waals surface area contributed by atoms with Gasteiger partial charge in [0.05, 0.1) is 45.3 Å². The van der Waals surface area contributed by atoms with E-state index in [1.54, 1.807) is 74.5 Å². The minimum absolute atomic E-state index is 0.0175. The molecule has 4 aromatic carbocycles. The Balaban J connectivity index is 2.03. The molecule has 0 bridgehead atoms. The zero-order valence-corrected chi connectivity index (χ0v) is 22.9. The van der Waals surface area contributed by atoms with Gasteiger partial charge in [-0.3, -0.25) is 20.2 Å². The smallest absolute Gasteiger partial charge is 0.340 e. The van der Waals surface area contributed by atoms with Crippen LogP contribution in [-0.4, -0.2) is 35.0 Å². The highest BCUT2D eigenvalue weighted by molar-refractivity contribution is 7.99. The molecule has 0 saturated carbocycles. The van der Waals surface area contributed by atoms with E-state index in [1.807, 2.05) is 0 Å². The van der Waals surface area contributed by atoms with Crippen LogP contribution < -0.4 is 0 Å². The van der Waals surface area contributed by atoms with Gasteiger partial charge in [-0.1, -0.05) is 72.4 Å². The number of rotatable bonds is 10. The topological polar surface area (TPSA) is 139 Å². The number of nitro groups is 2. The van der Waals surface area contributed by atoms with Crippen molar-refractivity contribution in [3.63, 3.8) is 0 Å². The summed E-state index contributed by atoms with van der Waals surface area (Å²) in [6, 6.07) is 22.2. The summed E-state index contributed by atoms with van der Waals surface area (Å²) in [7, 11) is 0. The molecular formula is C30H24N2O8S. The number of hydrogen-bond donors (Lipinski definition) is 0. The molecule has 0 aliphatic rings. The summed E-state index contributed by atoms with van der Waals surface area (Å²) in [4.78, 5) is 50.1. The van der Waals surface area contributed by atoms with Gasteiger partial charge in [0, 0.05) is 21.9 Å². The first-order valence-electron chi connectivity index (χ1n) is 12.5. The zero-order valence-electron chi connectivity index (χ0n) is 22.1. The minimum atomic E-state index is -0.791. The lowest BCUT2D eigenvalue weighted by Gasteiger charge is -2.17. The first-order chi connectivity index (χ1) is 19.8. The molecule has 4 aromatic rings. The Bertz CT molecular complexity index is 1500. The number of esters is 2. The van der Waals surface area contributed by atoms with Crippen molar-refractivity contribution in [2.75, 3.05) is 13.2 Å². The Morgan fingerprint density at radius 2 is 1.00 bits per heavy atom. The number of nitrogens with zero attached hydrogens (tertiary/aromatic N) is 2. The van der Waals surface area contributed by atoms with Crippen molar-refractivity contribution in [2.45, 2.75) is 23.6 Å². The molecule has 0 atom stereocenters. The maximum absolute atomic E-state index is 13.3. The molecule has 0 aliphatic carbocycles. The van der Waals surface area contributed by atoms with Crippen molar-refractivity contribution in [3.8, 4) is 22.3 Å². The lowest BCUT2D eigenvalue weighted by molar-refractivity contribution is -0.384. The summed E-state index contributed by atoms with van der Waals surface area (Å²) in [5.41, 5.74) is 0.223. The fourth-order valence-electron chi connectivity index (χ4n) is 4.34. The molecule has 0 unspecified atom stereocenters. The van der Waals surface area contributed by atoms with E-state index in [2.05, 4.69) is 0 Å². The largest absolute Gasteiger partial charge is 0.462 e. The summed E-state index contributed by atoms with van der Waals surface area (Å²) in [5, 5.41) is 24.1. The SMILES string of the molecule is CCOC(=O)c1c(Sc2ccc([N+](=O)[O-])c(-c3ccccc3)c2C(=O)OCC)ccc([N+](=O)[O-])c1-c1ccccc1. The monoisotopic (exact) mass is 572 g/mol. The molecule has 0 amide bonds. The van der Waals surface area contributed by atoms with Gasteiger partial charge in [-0.15, -0.1) is 0 Å². The van der Waals surface area contributed by atoms with Crippen LogP contribution in [0.1, 0.15) is 34.6 Å². The third-order valence-electron chi connectivity index (χ3n) is 5.99. The van der Waals surface area contributed by atoms with Crippen molar-refractivity contribution in [3.05, 3.63) is 116 Å². The van der Waals surface area contributed by atoms with Gasteiger partial charge >= 0.3 is 11.9 Å². The number of carbonyl (C=O) groups is 2. The van der Waals surface area contributed by atoms with Crippen molar-refractivity contribution in [1.82, 2.24) is 0 Å². The van der Waals surface area contributed by atoms with E-state index in [1.165, 1.54) is 24.3 Å². The Morgan fingerprint density at radius 1 is 0.634 bits per heavy atom. The fraction of sp³-hybridized carbons (Fsp3) is 0.133. The molecule has 11 heteroatoms. The van der Waals surface area contributed by atoms with Gasteiger partial charge in [-0.25, -0.2) is 9.59 Å². The molecule has 0 radical (unpaired) electrons. The highest BCUT2D eigenvalue weighted by Gasteiger charge is 2.31. The number of hydrogen-bond acceptors (Lipinski definition) is 9. The molecular weight excluding hydrogens is 548 g/mol. The van der Waals surface area contributed by atoms with Crippen LogP contribution in [0.25, 0.3) is 22.3 Å². The van der Waals surface area contributed by atoms with E-state index in [4.69, 9.17) is 9.47 Å². The molecule has 0 fully saturated rings. The first-order valence-corrected chi connectivity index (χ1v) is 13.4. The fourth-order valence-corrected chi connectivity index (χ4v) is 5.43. The van der Waals surface area contributed by atoms with Crippen LogP contribution in [0, 0.1) is 20.2 Å². The molecule has 0 N–H and O–H groups in total. The van der Waals surface area contributed by atoms with Crippen molar-refractivity contribution >= 4 is 35.1 Å². The molecule has 0 aliphatic heterocycles. The minimum Gasteiger partial charge on any atom is -0.462 e. The van der Waals surface area contributed by atoms with Crippen LogP contribution in [0.15, 0.2) is 94.7 Å². The number of carbonyl (C=O) groups excluding carboxylic acids is 2. The third kappa shape index (κ3) is 6.10. The van der Waals surface area contributed by atoms with Gasteiger partial charge in [0.15, 0.2) is 0 Å². The van der Waals surface area contributed by atoms with E-state index in [9.17, 15) is 29.8 Å². The highest BCUT2D eigenvalue weighted by Crippen LogP contribution is 2.45. The van der Waals surface area contributed by atoms with Gasteiger partial charge in [0.1, 0.15) is 0 Å². The molecule has 41 heavy (non-hydrogen) atoms. The summed E-state index contributed by atoms with van der Waals surface area (Å²) in [6.07, 6.45) is 0. The molecule has 0 heterocycles. The third-order valence-corrected chi connectivity index (χ3v) is 7.11. The van der Waals surface area contributed by atoms with E-state index >= 15 is 0 Å². The van der Waals surface area contributed by atoms with E-state index in [-0.39, 0.29) is 56.6 Å². The molecule has 0 spiro atoms.